The Morgan fingerprint density at radius 2 is 1.20 bits per heavy atom. The molecule has 17 heteroatoms. The van der Waals surface area contributed by atoms with Crippen molar-refractivity contribution in [2.45, 2.75) is 83.2 Å². The van der Waals surface area contributed by atoms with Gasteiger partial charge in [-0.25, -0.2) is 0 Å². The van der Waals surface area contributed by atoms with Gasteiger partial charge in [-0.2, -0.15) is 0 Å². The molecule has 0 aromatic carbocycles. The quantitative estimate of drug-likeness (QED) is 0.135. The first-order valence-corrected chi connectivity index (χ1v) is 17.4. The van der Waals surface area contributed by atoms with Crippen LogP contribution in [0.2, 0.25) is 0 Å². The fraction of sp³-hybridized carbons (Fsp3) is 0.647. The van der Waals surface area contributed by atoms with E-state index >= 15 is 0 Å². The highest BCUT2D eigenvalue weighted by molar-refractivity contribution is 6.40. The third kappa shape index (κ3) is 8.00. The van der Waals surface area contributed by atoms with Crippen LogP contribution >= 0.6 is 23.2 Å². The van der Waals surface area contributed by atoms with Gasteiger partial charge in [-0.15, -0.1) is 23.2 Å². The second-order valence-electron chi connectivity index (χ2n) is 13.5. The first-order valence-electron chi connectivity index (χ1n) is 16.3. The minimum Gasteiger partial charge on any atom is -0.480 e. The number of carbonyl (C=O) groups excluding carboxylic acids is 7. The number of amides is 4. The molecule has 4 amide bonds. The monoisotopic (exact) mass is 756 g/mol. The molecule has 10 unspecified atom stereocenters. The highest BCUT2D eigenvalue weighted by Crippen LogP contribution is 2.56. The summed E-state index contributed by atoms with van der Waals surface area (Å²) in [6.45, 7) is 6.08. The number of aliphatic carboxylic acids is 1. The maximum Gasteiger partial charge on any atom is 0.326 e. The molecule has 15 nitrogen and oxygen atoms in total. The molecule has 10 atom stereocenters. The molecule has 4 bridgehead atoms. The number of aliphatic hydroxyl groups excluding tert-OH is 1. The number of aliphatic hydroxyl groups is 1. The van der Waals surface area contributed by atoms with Crippen molar-refractivity contribution in [2.75, 3.05) is 18.4 Å². The maximum absolute atomic E-state index is 12.2. The van der Waals surface area contributed by atoms with Gasteiger partial charge in [0.2, 0.25) is 11.8 Å². The number of esters is 3. The predicted octanol–water partition coefficient (Wildman–Crippen LogP) is 1.95. The molecule has 0 aromatic heterocycles. The minimum absolute atomic E-state index is 0. The molecule has 0 radical (unpaired) electrons. The molecule has 8 rings (SSSR count). The summed E-state index contributed by atoms with van der Waals surface area (Å²) in [5, 5.41) is 18.2. The van der Waals surface area contributed by atoms with Crippen LogP contribution in [0.3, 0.4) is 0 Å². The summed E-state index contributed by atoms with van der Waals surface area (Å²) in [4.78, 5) is 92.9. The SMILES string of the molecule is C.C=C1CCC(=O)N(CC(=O)O)C1=O.C=C1CCC(=O)N(CC(=O)OC2C3CC4C(=O)OC2C4C3)C1=O.ClCCl.O=C1OC2C(O)C3CC1C2C3. The van der Waals surface area contributed by atoms with E-state index in [9.17, 15) is 43.5 Å². The number of piperidine rings is 2. The lowest BCUT2D eigenvalue weighted by Gasteiger charge is -2.28. The Morgan fingerprint density at radius 3 is 1.69 bits per heavy atom. The third-order valence-electron chi connectivity index (χ3n) is 10.7. The van der Waals surface area contributed by atoms with Gasteiger partial charge in [0.25, 0.3) is 11.8 Å². The van der Waals surface area contributed by atoms with Crippen LogP contribution < -0.4 is 0 Å². The number of halogens is 2. The molecule has 4 saturated carbocycles. The number of hydrogen-bond acceptors (Lipinski definition) is 12. The summed E-state index contributed by atoms with van der Waals surface area (Å²) >= 11 is 9.53. The number of fused-ring (bicyclic) bond motifs is 2. The standard InChI is InChI=1S/C16H17NO6.C8H9NO4.C8H10O3.CH2Cl2.CH4/c1-7-2-3-11(18)17(15(7)20)6-12(19)22-13-8-4-9-10(5-8)16(21)23-14(9)13;1-5-2-3-6(10)9(8(5)13)4-7(11)12;9-6-3-1-4-5(2-3)8(10)11-7(4)6;2-1-3;/h8-10,13-14H,1-6H2;1-4H2,(H,11,12);3-7,9H,1-2H2;1H2;1H4. The topological polar surface area (TPSA) is 211 Å². The van der Waals surface area contributed by atoms with E-state index < -0.39 is 48.9 Å². The number of hydrogen-bond donors (Lipinski definition) is 2. The number of rotatable bonds is 5. The zero-order chi connectivity index (χ0) is 36.6. The Hall–Kier alpha value is -3.82. The van der Waals surface area contributed by atoms with Crippen molar-refractivity contribution in [3.8, 4) is 0 Å². The van der Waals surface area contributed by atoms with E-state index in [1.54, 1.807) is 0 Å². The number of carboxylic acids is 1. The summed E-state index contributed by atoms with van der Waals surface area (Å²) in [6.07, 6.45) is 3.06. The molecule has 8 fully saturated rings. The largest absolute Gasteiger partial charge is 0.480 e. The van der Waals surface area contributed by atoms with E-state index in [0.717, 1.165) is 24.2 Å². The van der Waals surface area contributed by atoms with Crippen LogP contribution in [0, 0.1) is 35.5 Å². The molecule has 2 N–H and O–H groups in total. The van der Waals surface area contributed by atoms with Crippen molar-refractivity contribution in [3.63, 3.8) is 0 Å². The summed E-state index contributed by atoms with van der Waals surface area (Å²) in [5.74, 6) is -2.97. The van der Waals surface area contributed by atoms with E-state index in [-0.39, 0.29) is 85.4 Å². The van der Waals surface area contributed by atoms with Crippen LogP contribution in [0.5, 0.6) is 0 Å². The van der Waals surface area contributed by atoms with Crippen LogP contribution in [-0.4, -0.2) is 110 Å². The lowest BCUT2D eigenvalue weighted by Crippen LogP contribution is -2.46. The van der Waals surface area contributed by atoms with Crippen LogP contribution in [0.4, 0.5) is 0 Å². The molecule has 4 saturated heterocycles. The first kappa shape index (κ1) is 40.0. The Balaban J connectivity index is 0.000000177. The van der Waals surface area contributed by atoms with Gasteiger partial charge in [-0.3, -0.25) is 48.2 Å². The predicted molar refractivity (Wildman–Crippen MR) is 176 cm³/mol. The van der Waals surface area contributed by atoms with Crippen molar-refractivity contribution < 1.29 is 62.8 Å². The Morgan fingerprint density at radius 1 is 0.745 bits per heavy atom. The molecule has 0 aromatic rings. The summed E-state index contributed by atoms with van der Waals surface area (Å²) in [7, 11) is 0. The number of ether oxygens (including phenoxy) is 3. The fourth-order valence-corrected chi connectivity index (χ4v) is 8.37. The molecule has 280 valence electrons. The average molecular weight is 758 g/mol. The van der Waals surface area contributed by atoms with Gasteiger partial charge in [0.1, 0.15) is 31.4 Å². The van der Waals surface area contributed by atoms with Gasteiger partial charge in [0.05, 0.1) is 23.3 Å². The molecule has 4 heterocycles. The highest BCUT2D eigenvalue weighted by Gasteiger charge is 2.63. The number of carboxylic acid groups (broad SMARTS) is 1. The van der Waals surface area contributed by atoms with Crippen molar-refractivity contribution in [3.05, 3.63) is 24.3 Å². The van der Waals surface area contributed by atoms with E-state index in [2.05, 4.69) is 13.2 Å². The van der Waals surface area contributed by atoms with Gasteiger partial charge in [-0.1, -0.05) is 20.6 Å². The summed E-state index contributed by atoms with van der Waals surface area (Å²) < 4.78 is 15.9. The Bertz CT molecular complexity index is 1520. The minimum atomic E-state index is -1.20. The van der Waals surface area contributed by atoms with E-state index in [1.807, 2.05) is 0 Å². The maximum atomic E-state index is 12.2. The van der Waals surface area contributed by atoms with Crippen molar-refractivity contribution in [1.29, 1.82) is 0 Å². The van der Waals surface area contributed by atoms with Crippen LogP contribution in [0.25, 0.3) is 0 Å². The van der Waals surface area contributed by atoms with Crippen LogP contribution in [-0.2, 0) is 52.6 Å². The Kier molecular flexibility index (Phi) is 12.7. The average Bonchev–Trinajstić information content (AvgIpc) is 3.89. The lowest BCUT2D eigenvalue weighted by molar-refractivity contribution is -0.166. The molecular weight excluding hydrogens is 715 g/mol. The molecule has 8 aliphatic rings. The number of likely N-dealkylation sites (tertiary alicyclic amines) is 2. The van der Waals surface area contributed by atoms with Crippen LogP contribution in [0.15, 0.2) is 24.3 Å². The fourth-order valence-electron chi connectivity index (χ4n) is 8.37. The number of carbonyl (C=O) groups is 8. The smallest absolute Gasteiger partial charge is 0.326 e. The third-order valence-corrected chi connectivity index (χ3v) is 10.7. The zero-order valence-electron chi connectivity index (χ0n) is 27.0. The van der Waals surface area contributed by atoms with Crippen LogP contribution in [0.1, 0.15) is 58.8 Å². The number of imide groups is 2. The second-order valence-corrected chi connectivity index (χ2v) is 14.3. The normalized spacial score (nSPS) is 34.8. The molecule has 51 heavy (non-hydrogen) atoms. The molecule has 4 aliphatic heterocycles. The zero-order valence-corrected chi connectivity index (χ0v) is 28.5. The van der Waals surface area contributed by atoms with Gasteiger partial charge in [0.15, 0.2) is 0 Å². The Labute approximate surface area is 304 Å². The van der Waals surface area contributed by atoms with Crippen molar-refractivity contribution >= 4 is 70.7 Å². The van der Waals surface area contributed by atoms with Gasteiger partial charge in [-0.05, 0) is 44.4 Å². The van der Waals surface area contributed by atoms with E-state index in [0.29, 0.717) is 47.1 Å². The summed E-state index contributed by atoms with van der Waals surface area (Å²) in [5.41, 5.74) is 0.616. The number of nitrogens with zero attached hydrogens (tertiary/aromatic N) is 2. The molecular formula is C34H42Cl2N2O13. The van der Waals surface area contributed by atoms with Gasteiger partial charge < -0.3 is 24.4 Å². The van der Waals surface area contributed by atoms with Crippen molar-refractivity contribution in [1.82, 2.24) is 9.80 Å². The summed E-state index contributed by atoms with van der Waals surface area (Å²) in [6, 6.07) is 0. The van der Waals surface area contributed by atoms with E-state index in [1.165, 1.54) is 0 Å². The van der Waals surface area contributed by atoms with Crippen molar-refractivity contribution in [2.24, 2.45) is 35.5 Å². The molecule has 0 spiro atoms. The highest BCUT2D eigenvalue weighted by atomic mass is 35.5. The van der Waals surface area contributed by atoms with E-state index in [4.69, 9.17) is 42.5 Å². The van der Waals surface area contributed by atoms with Gasteiger partial charge >= 0.3 is 23.9 Å². The van der Waals surface area contributed by atoms with Gasteiger partial charge in [0, 0.05) is 41.7 Å². The number of alkyl halides is 2. The lowest BCUT2D eigenvalue weighted by atomic mass is 9.88. The molecule has 4 aliphatic carbocycles. The first-order chi connectivity index (χ1) is 23.7. The second kappa shape index (κ2) is 16.2.